The average Bonchev–Trinajstić information content (AvgIpc) is 3.24. The Bertz CT molecular complexity index is 1140. The fourth-order valence-corrected chi connectivity index (χ4v) is 2.88. The van der Waals surface area contributed by atoms with Crippen LogP contribution in [-0.2, 0) is 0 Å². The third-order valence-electron chi connectivity index (χ3n) is 3.98. The standard InChI is InChI=1S/C18H11FN4O2/c1-9-15-16(14-3-2-6-25-14)12(8-20)17(21-18(15)23-22-9)11-5-4-10(24)7-13(11)19/h2-7,24H,1H3,(H,21,22,23). The summed E-state index contributed by atoms with van der Waals surface area (Å²) >= 11 is 0. The van der Waals surface area contributed by atoms with Crippen molar-refractivity contribution in [2.24, 2.45) is 0 Å². The van der Waals surface area contributed by atoms with E-state index in [2.05, 4.69) is 21.3 Å². The fraction of sp³-hybridized carbons (Fsp3) is 0.0556. The number of hydrogen-bond donors (Lipinski definition) is 2. The normalized spacial score (nSPS) is 10.9. The van der Waals surface area contributed by atoms with E-state index in [0.717, 1.165) is 6.07 Å². The van der Waals surface area contributed by atoms with Gasteiger partial charge in [0.1, 0.15) is 23.4 Å². The molecule has 0 saturated heterocycles. The van der Waals surface area contributed by atoms with Crippen LogP contribution >= 0.6 is 0 Å². The zero-order chi connectivity index (χ0) is 17.6. The van der Waals surface area contributed by atoms with Crippen LogP contribution in [0.15, 0.2) is 41.0 Å². The van der Waals surface area contributed by atoms with E-state index in [4.69, 9.17) is 4.42 Å². The van der Waals surface area contributed by atoms with Crippen LogP contribution < -0.4 is 0 Å². The Kier molecular flexibility index (Phi) is 3.25. The van der Waals surface area contributed by atoms with Crippen LogP contribution in [0.5, 0.6) is 5.75 Å². The summed E-state index contributed by atoms with van der Waals surface area (Å²) in [5.41, 5.74) is 2.02. The minimum absolute atomic E-state index is 0.108. The first-order chi connectivity index (χ1) is 12.1. The largest absolute Gasteiger partial charge is 0.508 e. The number of aromatic hydroxyl groups is 1. The minimum atomic E-state index is -0.676. The van der Waals surface area contributed by atoms with Gasteiger partial charge in [0.2, 0.25) is 0 Å². The van der Waals surface area contributed by atoms with E-state index in [1.54, 1.807) is 19.1 Å². The van der Waals surface area contributed by atoms with Crippen LogP contribution in [0.3, 0.4) is 0 Å². The number of hydrogen-bond acceptors (Lipinski definition) is 5. The molecule has 2 N–H and O–H groups in total. The number of phenols is 1. The quantitative estimate of drug-likeness (QED) is 0.579. The highest BCUT2D eigenvalue weighted by molar-refractivity contribution is 5.99. The smallest absolute Gasteiger partial charge is 0.156 e. The van der Waals surface area contributed by atoms with Crippen LogP contribution in [0.2, 0.25) is 0 Å². The molecule has 0 atom stereocenters. The van der Waals surface area contributed by atoms with Gasteiger partial charge >= 0.3 is 0 Å². The Hall–Kier alpha value is -3.66. The summed E-state index contributed by atoms with van der Waals surface area (Å²) in [6, 6.07) is 9.24. The van der Waals surface area contributed by atoms with Crippen LogP contribution in [0.1, 0.15) is 11.3 Å². The van der Waals surface area contributed by atoms with E-state index in [0.29, 0.717) is 28.1 Å². The summed E-state index contributed by atoms with van der Waals surface area (Å²) in [7, 11) is 0. The van der Waals surface area contributed by atoms with Crippen molar-refractivity contribution in [1.29, 1.82) is 5.26 Å². The highest BCUT2D eigenvalue weighted by atomic mass is 19.1. The number of nitrogens with one attached hydrogen (secondary N) is 1. The lowest BCUT2D eigenvalue weighted by Crippen LogP contribution is -1.97. The molecule has 0 radical (unpaired) electrons. The van der Waals surface area contributed by atoms with Crippen molar-refractivity contribution in [2.45, 2.75) is 6.92 Å². The zero-order valence-corrected chi connectivity index (χ0v) is 13.0. The second-order valence-corrected chi connectivity index (χ2v) is 5.50. The number of H-pyrrole nitrogens is 1. The number of benzene rings is 1. The Labute approximate surface area is 141 Å². The maximum atomic E-state index is 14.4. The Balaban J connectivity index is 2.15. The third-order valence-corrected chi connectivity index (χ3v) is 3.98. The van der Waals surface area contributed by atoms with Gasteiger partial charge in [0.15, 0.2) is 5.65 Å². The molecule has 0 aliphatic carbocycles. The first-order valence-electron chi connectivity index (χ1n) is 7.41. The van der Waals surface area contributed by atoms with E-state index < -0.39 is 5.82 Å². The third kappa shape index (κ3) is 2.23. The van der Waals surface area contributed by atoms with Crippen molar-refractivity contribution in [1.82, 2.24) is 15.2 Å². The minimum Gasteiger partial charge on any atom is -0.508 e. The van der Waals surface area contributed by atoms with Crippen molar-refractivity contribution >= 4 is 11.0 Å². The van der Waals surface area contributed by atoms with Gasteiger partial charge in [-0.3, -0.25) is 5.10 Å². The number of halogens is 1. The first-order valence-corrected chi connectivity index (χ1v) is 7.41. The molecule has 0 saturated carbocycles. The lowest BCUT2D eigenvalue weighted by Gasteiger charge is -2.10. The summed E-state index contributed by atoms with van der Waals surface area (Å²) in [5, 5.41) is 26.8. The molecule has 4 aromatic rings. The summed E-state index contributed by atoms with van der Waals surface area (Å²) in [4.78, 5) is 4.39. The molecule has 7 heteroatoms. The number of nitriles is 1. The van der Waals surface area contributed by atoms with E-state index in [1.807, 2.05) is 0 Å². The van der Waals surface area contributed by atoms with Crippen LogP contribution in [0.25, 0.3) is 33.6 Å². The van der Waals surface area contributed by atoms with Crippen molar-refractivity contribution in [3.63, 3.8) is 0 Å². The molecule has 0 spiro atoms. The molecule has 0 amide bonds. The molecule has 25 heavy (non-hydrogen) atoms. The summed E-state index contributed by atoms with van der Waals surface area (Å²) < 4.78 is 19.9. The fourth-order valence-electron chi connectivity index (χ4n) is 2.88. The van der Waals surface area contributed by atoms with Gasteiger partial charge in [0.05, 0.1) is 34.2 Å². The number of aromatic nitrogens is 3. The van der Waals surface area contributed by atoms with Gasteiger partial charge in [0, 0.05) is 11.6 Å². The lowest BCUT2D eigenvalue weighted by atomic mass is 9.96. The number of phenolic OH excluding ortho intramolecular Hbond substituents is 1. The van der Waals surface area contributed by atoms with Crippen LogP contribution in [0.4, 0.5) is 4.39 Å². The average molecular weight is 334 g/mol. The predicted molar refractivity (Wildman–Crippen MR) is 88.1 cm³/mol. The van der Waals surface area contributed by atoms with Gasteiger partial charge < -0.3 is 9.52 Å². The maximum Gasteiger partial charge on any atom is 0.156 e. The van der Waals surface area contributed by atoms with E-state index in [9.17, 15) is 14.8 Å². The van der Waals surface area contributed by atoms with Crippen LogP contribution in [-0.4, -0.2) is 20.3 Å². The van der Waals surface area contributed by atoms with Gasteiger partial charge in [-0.25, -0.2) is 9.37 Å². The van der Waals surface area contributed by atoms with Gasteiger partial charge in [-0.15, -0.1) is 0 Å². The topological polar surface area (TPSA) is 98.7 Å². The summed E-state index contributed by atoms with van der Waals surface area (Å²) in [6.45, 7) is 1.79. The monoisotopic (exact) mass is 334 g/mol. The molecule has 0 aliphatic rings. The molecule has 3 aromatic heterocycles. The van der Waals surface area contributed by atoms with Crippen molar-refractivity contribution in [3.8, 4) is 34.4 Å². The van der Waals surface area contributed by atoms with Gasteiger partial charge in [-0.05, 0) is 31.2 Å². The molecular formula is C18H11FN4O2. The molecule has 0 aliphatic heterocycles. The molecule has 0 fully saturated rings. The van der Waals surface area contributed by atoms with Crippen molar-refractivity contribution in [2.75, 3.05) is 0 Å². The maximum absolute atomic E-state index is 14.4. The molecule has 0 bridgehead atoms. The number of rotatable bonds is 2. The van der Waals surface area contributed by atoms with E-state index >= 15 is 0 Å². The number of pyridine rings is 1. The Morgan fingerprint density at radius 2 is 2.16 bits per heavy atom. The number of fused-ring (bicyclic) bond motifs is 1. The molecule has 0 unspecified atom stereocenters. The lowest BCUT2D eigenvalue weighted by molar-refractivity contribution is 0.469. The molecule has 6 nitrogen and oxygen atoms in total. The summed E-state index contributed by atoms with van der Waals surface area (Å²) in [5.74, 6) is -0.414. The van der Waals surface area contributed by atoms with E-state index in [-0.39, 0.29) is 22.6 Å². The van der Waals surface area contributed by atoms with Gasteiger partial charge in [-0.2, -0.15) is 10.4 Å². The highest BCUT2D eigenvalue weighted by Crippen LogP contribution is 2.38. The number of nitrogens with zero attached hydrogens (tertiary/aromatic N) is 3. The number of aromatic amines is 1. The van der Waals surface area contributed by atoms with Gasteiger partial charge in [-0.1, -0.05) is 0 Å². The first kappa shape index (κ1) is 14.9. The molecule has 3 heterocycles. The Morgan fingerprint density at radius 3 is 2.84 bits per heavy atom. The van der Waals surface area contributed by atoms with Crippen LogP contribution in [0, 0.1) is 24.1 Å². The zero-order valence-electron chi connectivity index (χ0n) is 13.0. The van der Waals surface area contributed by atoms with Crippen molar-refractivity contribution in [3.05, 3.63) is 53.7 Å². The Morgan fingerprint density at radius 1 is 1.32 bits per heavy atom. The highest BCUT2D eigenvalue weighted by Gasteiger charge is 2.23. The predicted octanol–water partition coefficient (Wildman–Crippen LogP) is 3.91. The summed E-state index contributed by atoms with van der Waals surface area (Å²) in [6.07, 6.45) is 1.50. The molecule has 4 rings (SSSR count). The molecular weight excluding hydrogens is 323 g/mol. The second kappa shape index (κ2) is 5.46. The number of aryl methyl sites for hydroxylation is 1. The molecule has 122 valence electrons. The van der Waals surface area contributed by atoms with Crippen molar-refractivity contribution < 1.29 is 13.9 Å². The SMILES string of the molecule is Cc1n[nH]c2nc(-c3ccc(O)cc3F)c(C#N)c(-c3ccco3)c12. The molecule has 1 aromatic carbocycles. The van der Waals surface area contributed by atoms with E-state index in [1.165, 1.54) is 18.4 Å². The van der Waals surface area contributed by atoms with Gasteiger partial charge in [0.25, 0.3) is 0 Å². The second-order valence-electron chi connectivity index (χ2n) is 5.50. The number of furan rings is 1.